The van der Waals surface area contributed by atoms with Gasteiger partial charge in [0.05, 0.1) is 16.9 Å². The number of carbonyl (C=O) groups is 1. The molecule has 1 aliphatic heterocycles. The molecular formula is C16H16ClN3O6S2. The number of nitrogens with zero attached hydrogens (tertiary/aromatic N) is 3. The Morgan fingerprint density at radius 3 is 2.46 bits per heavy atom. The number of benzene rings is 1. The number of amides is 1. The van der Waals surface area contributed by atoms with E-state index < -0.39 is 25.3 Å². The Hall–Kier alpha value is -2.21. The average molecular weight is 446 g/mol. The summed E-state index contributed by atoms with van der Waals surface area (Å²) in [5.41, 5.74) is 0.892. The number of rotatable bonds is 5. The van der Waals surface area contributed by atoms with Gasteiger partial charge in [-0.25, -0.2) is 13.4 Å². The first-order valence-corrected chi connectivity index (χ1v) is 11.7. The number of fused-ring (bicyclic) bond motifs is 1. The maximum atomic E-state index is 13.0. The van der Waals surface area contributed by atoms with Crippen LogP contribution in [0.5, 0.6) is 5.75 Å². The van der Waals surface area contributed by atoms with Gasteiger partial charge in [-0.2, -0.15) is 12.7 Å². The normalized spacial score (nSPS) is 14.2. The molecule has 0 radical (unpaired) electrons. The first-order chi connectivity index (χ1) is 13.0. The summed E-state index contributed by atoms with van der Waals surface area (Å²) >= 11 is 0. The van der Waals surface area contributed by atoms with Crippen LogP contribution in [0.4, 0.5) is 5.69 Å². The lowest BCUT2D eigenvalue weighted by Gasteiger charge is -2.19. The van der Waals surface area contributed by atoms with Crippen molar-refractivity contribution in [3.05, 3.63) is 47.7 Å². The van der Waals surface area contributed by atoms with E-state index in [1.54, 1.807) is 12.1 Å². The van der Waals surface area contributed by atoms with Crippen LogP contribution >= 0.6 is 10.7 Å². The first kappa shape index (κ1) is 20.5. The summed E-state index contributed by atoms with van der Waals surface area (Å²) in [5, 5.41) is -0.289. The summed E-state index contributed by atoms with van der Waals surface area (Å²) in [6, 6.07) is 8.63. The Kier molecular flexibility index (Phi) is 5.36. The molecule has 2 heterocycles. The van der Waals surface area contributed by atoms with Gasteiger partial charge < -0.3 is 9.08 Å². The Bertz CT molecular complexity index is 1150. The van der Waals surface area contributed by atoms with Crippen molar-refractivity contribution in [2.45, 2.75) is 11.4 Å². The van der Waals surface area contributed by atoms with Crippen LogP contribution < -0.4 is 9.08 Å². The number of anilines is 1. The average Bonchev–Trinajstić information content (AvgIpc) is 3.03. The molecule has 0 fully saturated rings. The Labute approximate surface area is 167 Å². The Balaban J connectivity index is 1.96. The number of halogens is 1. The number of pyridine rings is 1. The molecule has 3 rings (SSSR count). The number of hydrogen-bond acceptors (Lipinski definition) is 7. The minimum atomic E-state index is -4.04. The number of carbonyl (C=O) groups excluding carboxylic acids is 1. The molecule has 0 spiro atoms. The van der Waals surface area contributed by atoms with E-state index in [1.807, 2.05) is 0 Å². The standard InChI is InChI=1S/C16H16ClN3O6S2/c1-19(2)28(24,25)26-14-6-4-3-5-11(14)16(21)20-10-9-12-13(20)7-8-15(18-12)27(17,22)23/h3-8H,9-10H2,1-2H3. The third-order valence-electron chi connectivity index (χ3n) is 4.04. The molecule has 0 unspecified atom stereocenters. The van der Waals surface area contributed by atoms with Crippen molar-refractivity contribution in [1.82, 2.24) is 9.29 Å². The number of para-hydroxylation sites is 1. The van der Waals surface area contributed by atoms with Crippen molar-refractivity contribution >= 4 is 41.6 Å². The van der Waals surface area contributed by atoms with Crippen molar-refractivity contribution in [3.63, 3.8) is 0 Å². The predicted molar refractivity (Wildman–Crippen MR) is 102 cm³/mol. The molecule has 1 amide bonds. The van der Waals surface area contributed by atoms with Crippen molar-refractivity contribution in [2.24, 2.45) is 0 Å². The van der Waals surface area contributed by atoms with Crippen LogP contribution in [0, 0.1) is 0 Å². The largest absolute Gasteiger partial charge is 0.384 e. The van der Waals surface area contributed by atoms with Gasteiger partial charge in [0.2, 0.25) is 0 Å². The van der Waals surface area contributed by atoms with Crippen molar-refractivity contribution in [2.75, 3.05) is 25.5 Å². The van der Waals surface area contributed by atoms with Crippen LogP contribution in [0.3, 0.4) is 0 Å². The van der Waals surface area contributed by atoms with Crippen LogP contribution in [0.1, 0.15) is 16.1 Å². The maximum absolute atomic E-state index is 13.0. The summed E-state index contributed by atoms with van der Waals surface area (Å²) in [6.45, 7) is 0.252. The van der Waals surface area contributed by atoms with E-state index in [0.717, 1.165) is 4.31 Å². The van der Waals surface area contributed by atoms with Gasteiger partial charge in [-0.15, -0.1) is 0 Å². The highest BCUT2D eigenvalue weighted by molar-refractivity contribution is 8.13. The van der Waals surface area contributed by atoms with Gasteiger partial charge in [0.15, 0.2) is 10.8 Å². The van der Waals surface area contributed by atoms with E-state index >= 15 is 0 Å². The van der Waals surface area contributed by atoms with Gasteiger partial charge >= 0.3 is 10.3 Å². The Morgan fingerprint density at radius 1 is 1.14 bits per heavy atom. The second kappa shape index (κ2) is 7.32. The summed E-state index contributed by atoms with van der Waals surface area (Å²) in [7, 11) is -0.0925. The van der Waals surface area contributed by atoms with Crippen molar-refractivity contribution < 1.29 is 25.8 Å². The highest BCUT2D eigenvalue weighted by Gasteiger charge is 2.30. The van der Waals surface area contributed by atoms with Crippen molar-refractivity contribution in [3.8, 4) is 5.75 Å². The number of aromatic nitrogens is 1. The lowest BCUT2D eigenvalue weighted by molar-refractivity contribution is 0.0988. The minimum absolute atomic E-state index is 0.0508. The molecule has 12 heteroatoms. The van der Waals surface area contributed by atoms with E-state index in [4.69, 9.17) is 14.9 Å². The topological polar surface area (TPSA) is 114 Å². The van der Waals surface area contributed by atoms with Crippen LogP contribution in [-0.2, 0) is 25.8 Å². The van der Waals surface area contributed by atoms with Crippen molar-refractivity contribution in [1.29, 1.82) is 0 Å². The van der Waals surface area contributed by atoms with Gasteiger partial charge in [-0.1, -0.05) is 12.1 Å². The number of hydrogen-bond donors (Lipinski definition) is 0. The molecule has 1 aromatic carbocycles. The van der Waals surface area contributed by atoms with Crippen LogP contribution in [0.25, 0.3) is 0 Å². The molecule has 0 bridgehead atoms. The highest BCUT2D eigenvalue weighted by atomic mass is 35.7. The lowest BCUT2D eigenvalue weighted by atomic mass is 10.1. The smallest absolute Gasteiger partial charge is 0.370 e. The van der Waals surface area contributed by atoms with E-state index in [1.165, 1.54) is 43.3 Å². The molecule has 0 saturated heterocycles. The zero-order valence-corrected chi connectivity index (χ0v) is 17.3. The SMILES string of the molecule is CN(C)S(=O)(=O)Oc1ccccc1C(=O)N1CCc2nc(S(=O)(=O)Cl)ccc21. The highest BCUT2D eigenvalue weighted by Crippen LogP contribution is 2.32. The second-order valence-corrected chi connectivity index (χ2v) is 10.3. The van der Waals surface area contributed by atoms with Gasteiger partial charge in [0.1, 0.15) is 0 Å². The molecular weight excluding hydrogens is 430 g/mol. The quantitative estimate of drug-likeness (QED) is 0.639. The van der Waals surface area contributed by atoms with E-state index in [2.05, 4.69) is 4.98 Å². The van der Waals surface area contributed by atoms with Crippen LogP contribution in [-0.4, -0.2) is 52.7 Å². The molecule has 0 aliphatic carbocycles. The van der Waals surface area contributed by atoms with Gasteiger partial charge in [-0.05, 0) is 24.3 Å². The zero-order chi connectivity index (χ0) is 20.7. The fourth-order valence-corrected chi connectivity index (χ4v) is 3.87. The van der Waals surface area contributed by atoms with Gasteiger partial charge in [0, 0.05) is 37.7 Å². The fraction of sp³-hybridized carbons (Fsp3) is 0.250. The van der Waals surface area contributed by atoms with Crippen LogP contribution in [0.15, 0.2) is 41.4 Å². The summed E-state index contributed by atoms with van der Waals surface area (Å²) in [5.74, 6) is -0.603. The third-order valence-corrected chi connectivity index (χ3v) is 6.53. The molecule has 0 atom stereocenters. The first-order valence-electron chi connectivity index (χ1n) is 7.98. The molecule has 2 aromatic rings. The summed E-state index contributed by atoms with van der Waals surface area (Å²) < 4.78 is 52.9. The lowest BCUT2D eigenvalue weighted by Crippen LogP contribution is -2.31. The van der Waals surface area contributed by atoms with Crippen LogP contribution in [0.2, 0.25) is 0 Å². The molecule has 0 saturated carbocycles. The fourth-order valence-electron chi connectivity index (χ4n) is 2.64. The van der Waals surface area contributed by atoms with E-state index in [-0.39, 0.29) is 22.9 Å². The van der Waals surface area contributed by atoms with E-state index in [0.29, 0.717) is 17.8 Å². The molecule has 1 aromatic heterocycles. The Morgan fingerprint density at radius 2 is 1.82 bits per heavy atom. The maximum Gasteiger partial charge on any atom is 0.384 e. The molecule has 1 aliphatic rings. The minimum Gasteiger partial charge on any atom is -0.370 e. The zero-order valence-electron chi connectivity index (χ0n) is 14.9. The molecule has 150 valence electrons. The van der Waals surface area contributed by atoms with E-state index in [9.17, 15) is 21.6 Å². The van der Waals surface area contributed by atoms with Gasteiger partial charge in [-0.3, -0.25) is 4.79 Å². The summed E-state index contributed by atoms with van der Waals surface area (Å²) in [4.78, 5) is 18.4. The second-order valence-electron chi connectivity index (χ2n) is 6.08. The third kappa shape index (κ3) is 3.97. The summed E-state index contributed by atoms with van der Waals surface area (Å²) in [6.07, 6.45) is 0.334. The molecule has 0 N–H and O–H groups in total. The predicted octanol–water partition coefficient (Wildman–Crippen LogP) is 1.40. The molecule has 9 nitrogen and oxygen atoms in total. The molecule has 28 heavy (non-hydrogen) atoms. The monoisotopic (exact) mass is 445 g/mol. The van der Waals surface area contributed by atoms with Gasteiger partial charge in [0.25, 0.3) is 15.0 Å².